The predicted octanol–water partition coefficient (Wildman–Crippen LogP) is 4.03. The fourth-order valence-corrected chi connectivity index (χ4v) is 3.25. The van der Waals surface area contributed by atoms with Gasteiger partial charge in [0.05, 0.1) is 6.04 Å². The van der Waals surface area contributed by atoms with E-state index in [4.69, 9.17) is 11.6 Å². The van der Waals surface area contributed by atoms with Gasteiger partial charge in [-0.15, -0.1) is 0 Å². The molecule has 3 nitrogen and oxygen atoms in total. The van der Waals surface area contributed by atoms with Gasteiger partial charge in [-0.05, 0) is 37.6 Å². The van der Waals surface area contributed by atoms with E-state index in [1.807, 2.05) is 32.0 Å². The van der Waals surface area contributed by atoms with Gasteiger partial charge in [-0.25, -0.2) is 0 Å². The van der Waals surface area contributed by atoms with Crippen LogP contribution in [0.3, 0.4) is 0 Å². The van der Waals surface area contributed by atoms with Crippen molar-refractivity contribution in [3.05, 3.63) is 34.9 Å². The minimum absolute atomic E-state index is 0.0102. The van der Waals surface area contributed by atoms with Crippen LogP contribution in [-0.4, -0.2) is 30.4 Å². The number of hydrogen-bond acceptors (Lipinski definition) is 2. The molecule has 22 heavy (non-hydrogen) atoms. The van der Waals surface area contributed by atoms with Crippen LogP contribution in [0.4, 0.5) is 0 Å². The molecule has 122 valence electrons. The van der Waals surface area contributed by atoms with Crippen LogP contribution < -0.4 is 5.32 Å². The summed E-state index contributed by atoms with van der Waals surface area (Å²) in [4.78, 5) is 14.4. The summed E-state index contributed by atoms with van der Waals surface area (Å²) < 4.78 is 0. The Morgan fingerprint density at radius 1 is 1.18 bits per heavy atom. The molecule has 1 fully saturated rings. The van der Waals surface area contributed by atoms with E-state index < -0.39 is 0 Å². The van der Waals surface area contributed by atoms with E-state index in [0.717, 1.165) is 23.7 Å². The summed E-state index contributed by atoms with van der Waals surface area (Å²) >= 11 is 6.42. The van der Waals surface area contributed by atoms with Crippen LogP contribution in [-0.2, 0) is 4.79 Å². The molecule has 1 aromatic rings. The number of amides is 1. The predicted molar refractivity (Wildman–Crippen MR) is 92.1 cm³/mol. The highest BCUT2D eigenvalue weighted by molar-refractivity contribution is 6.31. The largest absolute Gasteiger partial charge is 0.354 e. The molecule has 1 aliphatic rings. The van der Waals surface area contributed by atoms with Crippen LogP contribution in [0.15, 0.2) is 24.3 Å². The van der Waals surface area contributed by atoms with Crippen molar-refractivity contribution in [3.8, 4) is 0 Å². The molecule has 0 saturated carbocycles. The second kappa shape index (κ2) is 8.54. The number of carbonyl (C=O) groups is 1. The quantitative estimate of drug-likeness (QED) is 0.887. The molecule has 0 aliphatic carbocycles. The van der Waals surface area contributed by atoms with E-state index >= 15 is 0 Å². The molecule has 1 saturated heterocycles. The van der Waals surface area contributed by atoms with Gasteiger partial charge >= 0.3 is 0 Å². The standard InChI is InChI=1S/C18H27ClN2O/c1-14(2)18(22)20-13-17(15-9-5-6-10-16(15)19)21-11-7-3-4-8-12-21/h5-6,9-10,14,17H,3-4,7-8,11-13H2,1-2H3,(H,20,22)/t17-/m0/s1. The van der Waals surface area contributed by atoms with E-state index in [1.165, 1.54) is 25.7 Å². The zero-order chi connectivity index (χ0) is 15.9. The molecule has 0 radical (unpaired) electrons. The van der Waals surface area contributed by atoms with Crippen molar-refractivity contribution >= 4 is 17.5 Å². The zero-order valence-electron chi connectivity index (χ0n) is 13.6. The Bertz CT molecular complexity index is 482. The molecule has 0 unspecified atom stereocenters. The maximum Gasteiger partial charge on any atom is 0.222 e. The highest BCUT2D eigenvalue weighted by atomic mass is 35.5. The van der Waals surface area contributed by atoms with Crippen molar-refractivity contribution in [2.24, 2.45) is 5.92 Å². The monoisotopic (exact) mass is 322 g/mol. The van der Waals surface area contributed by atoms with E-state index in [9.17, 15) is 4.79 Å². The molecule has 1 N–H and O–H groups in total. The van der Waals surface area contributed by atoms with Gasteiger partial charge in [0.1, 0.15) is 0 Å². The molecule has 4 heteroatoms. The number of rotatable bonds is 5. The van der Waals surface area contributed by atoms with Crippen molar-refractivity contribution in [1.29, 1.82) is 0 Å². The Balaban J connectivity index is 2.16. The van der Waals surface area contributed by atoms with Gasteiger partial charge in [-0.2, -0.15) is 0 Å². The summed E-state index contributed by atoms with van der Waals surface area (Å²) in [7, 11) is 0. The average Bonchev–Trinajstić information content (AvgIpc) is 2.78. The summed E-state index contributed by atoms with van der Waals surface area (Å²) in [6, 6.07) is 8.16. The first-order valence-corrected chi connectivity index (χ1v) is 8.73. The SMILES string of the molecule is CC(C)C(=O)NC[C@@H](c1ccccc1Cl)N1CCCCCC1. The lowest BCUT2D eigenvalue weighted by molar-refractivity contribution is -0.124. The number of nitrogens with one attached hydrogen (secondary N) is 1. The smallest absolute Gasteiger partial charge is 0.222 e. The van der Waals surface area contributed by atoms with Crippen LogP contribution >= 0.6 is 11.6 Å². The molecule has 1 heterocycles. The molecular formula is C18H27ClN2O. The molecule has 1 amide bonds. The Kier molecular flexibility index (Phi) is 6.71. The average molecular weight is 323 g/mol. The van der Waals surface area contributed by atoms with Crippen molar-refractivity contribution in [3.63, 3.8) is 0 Å². The number of hydrogen-bond donors (Lipinski definition) is 1. The van der Waals surface area contributed by atoms with Crippen molar-refractivity contribution < 1.29 is 4.79 Å². The Labute approximate surface area is 139 Å². The Morgan fingerprint density at radius 3 is 2.41 bits per heavy atom. The van der Waals surface area contributed by atoms with Crippen LogP contribution in [0.2, 0.25) is 5.02 Å². The maximum absolute atomic E-state index is 12.0. The maximum atomic E-state index is 12.0. The zero-order valence-corrected chi connectivity index (χ0v) is 14.4. The van der Waals surface area contributed by atoms with E-state index in [-0.39, 0.29) is 17.9 Å². The first kappa shape index (κ1) is 17.3. The van der Waals surface area contributed by atoms with E-state index in [2.05, 4.69) is 16.3 Å². The summed E-state index contributed by atoms with van der Waals surface area (Å²) in [5, 5.41) is 3.87. The lowest BCUT2D eigenvalue weighted by atomic mass is 10.0. The fraction of sp³-hybridized carbons (Fsp3) is 0.611. The van der Waals surface area contributed by atoms with Crippen molar-refractivity contribution in [1.82, 2.24) is 10.2 Å². The van der Waals surface area contributed by atoms with Gasteiger partial charge in [0.25, 0.3) is 0 Å². The van der Waals surface area contributed by atoms with Gasteiger partial charge in [-0.3, -0.25) is 9.69 Å². The second-order valence-electron chi connectivity index (χ2n) is 6.39. The lowest BCUT2D eigenvalue weighted by Crippen LogP contribution is -2.40. The van der Waals surface area contributed by atoms with Gasteiger partial charge < -0.3 is 5.32 Å². The third-order valence-electron chi connectivity index (χ3n) is 4.34. The molecule has 1 atom stereocenters. The molecule has 0 spiro atoms. The van der Waals surface area contributed by atoms with Gasteiger partial charge in [-0.1, -0.05) is 56.5 Å². The first-order chi connectivity index (χ1) is 10.6. The topological polar surface area (TPSA) is 32.3 Å². The van der Waals surface area contributed by atoms with Gasteiger partial charge in [0.15, 0.2) is 0 Å². The number of nitrogens with zero attached hydrogens (tertiary/aromatic N) is 1. The second-order valence-corrected chi connectivity index (χ2v) is 6.79. The molecule has 1 aliphatic heterocycles. The van der Waals surface area contributed by atoms with Crippen molar-refractivity contribution in [2.45, 2.75) is 45.6 Å². The summed E-state index contributed by atoms with van der Waals surface area (Å²) in [6.45, 7) is 6.62. The van der Waals surface area contributed by atoms with Crippen LogP contribution in [0.5, 0.6) is 0 Å². The molecule has 1 aromatic carbocycles. The van der Waals surface area contributed by atoms with Crippen LogP contribution in [0, 0.1) is 5.92 Å². The van der Waals surface area contributed by atoms with Crippen LogP contribution in [0.25, 0.3) is 0 Å². The number of benzene rings is 1. The van der Waals surface area contributed by atoms with Crippen LogP contribution in [0.1, 0.15) is 51.1 Å². The minimum atomic E-state index is 0.0102. The molecule has 0 aromatic heterocycles. The summed E-state index contributed by atoms with van der Waals surface area (Å²) in [5.74, 6) is 0.114. The third kappa shape index (κ3) is 4.72. The number of halogens is 1. The highest BCUT2D eigenvalue weighted by Gasteiger charge is 2.24. The van der Waals surface area contributed by atoms with Crippen molar-refractivity contribution in [2.75, 3.05) is 19.6 Å². The molecular weight excluding hydrogens is 296 g/mol. The molecule has 2 rings (SSSR count). The summed E-state index contributed by atoms with van der Waals surface area (Å²) in [6.07, 6.45) is 5.03. The minimum Gasteiger partial charge on any atom is -0.354 e. The Morgan fingerprint density at radius 2 is 1.82 bits per heavy atom. The van der Waals surface area contributed by atoms with Gasteiger partial charge in [0.2, 0.25) is 5.91 Å². The fourth-order valence-electron chi connectivity index (χ4n) is 2.99. The normalized spacial score (nSPS) is 18.0. The Hall–Kier alpha value is -1.06. The van der Waals surface area contributed by atoms with Gasteiger partial charge in [0, 0.05) is 17.5 Å². The number of likely N-dealkylation sites (tertiary alicyclic amines) is 1. The number of carbonyl (C=O) groups excluding carboxylic acids is 1. The third-order valence-corrected chi connectivity index (χ3v) is 4.68. The summed E-state index contributed by atoms with van der Waals surface area (Å²) in [5.41, 5.74) is 1.12. The first-order valence-electron chi connectivity index (χ1n) is 8.35. The van der Waals surface area contributed by atoms with E-state index in [1.54, 1.807) is 0 Å². The lowest BCUT2D eigenvalue weighted by Gasteiger charge is -2.32. The molecule has 0 bridgehead atoms. The highest BCUT2D eigenvalue weighted by Crippen LogP contribution is 2.29. The van der Waals surface area contributed by atoms with E-state index in [0.29, 0.717) is 6.54 Å².